The molecule has 0 aliphatic carbocycles. The molecule has 1 fully saturated rings. The molecule has 1 saturated heterocycles. The van der Waals surface area contributed by atoms with Crippen molar-refractivity contribution in [2.24, 2.45) is 5.92 Å². The lowest BCUT2D eigenvalue weighted by atomic mass is 10.0. The van der Waals surface area contributed by atoms with E-state index in [1.54, 1.807) is 22.5 Å². The molecule has 0 saturated carbocycles. The van der Waals surface area contributed by atoms with Crippen LogP contribution >= 0.6 is 0 Å². The zero-order valence-corrected chi connectivity index (χ0v) is 15.0. The average Bonchev–Trinajstić information content (AvgIpc) is 3.06. The van der Waals surface area contributed by atoms with Gasteiger partial charge in [-0.2, -0.15) is 4.31 Å². The van der Waals surface area contributed by atoms with Crippen LogP contribution < -0.4 is 0 Å². The number of benzene rings is 2. The number of sulfonamides is 1. The SMILES string of the molecule is CC1CCN(S(=O)(=O)c2ccc3nc(-c4ccccc4)[nH]c3c2)CC1. The summed E-state index contributed by atoms with van der Waals surface area (Å²) in [7, 11) is -3.45. The molecular formula is C19H21N3O2S. The molecule has 0 bridgehead atoms. The Morgan fingerprint density at radius 3 is 2.52 bits per heavy atom. The molecule has 6 heteroatoms. The number of imidazole rings is 1. The van der Waals surface area contributed by atoms with Crippen LogP contribution in [0.2, 0.25) is 0 Å². The van der Waals surface area contributed by atoms with E-state index in [0.717, 1.165) is 35.3 Å². The molecule has 1 aliphatic heterocycles. The standard InChI is InChI=1S/C19H21N3O2S/c1-14-9-11-22(12-10-14)25(23,24)16-7-8-17-18(13-16)21-19(20-17)15-5-3-2-4-6-15/h2-8,13-14H,9-12H2,1H3,(H,20,21). The van der Waals surface area contributed by atoms with Gasteiger partial charge in [0.1, 0.15) is 5.82 Å². The minimum Gasteiger partial charge on any atom is -0.338 e. The predicted octanol–water partition coefficient (Wildman–Crippen LogP) is 3.65. The molecule has 0 atom stereocenters. The van der Waals surface area contributed by atoms with Crippen molar-refractivity contribution in [1.82, 2.24) is 14.3 Å². The van der Waals surface area contributed by atoms with Gasteiger partial charge in [-0.15, -0.1) is 0 Å². The molecule has 4 rings (SSSR count). The normalized spacial score (nSPS) is 17.2. The number of piperidine rings is 1. The lowest BCUT2D eigenvalue weighted by Gasteiger charge is -2.29. The summed E-state index contributed by atoms with van der Waals surface area (Å²) in [5.41, 5.74) is 2.49. The molecule has 2 aromatic carbocycles. The van der Waals surface area contributed by atoms with E-state index in [1.165, 1.54) is 0 Å². The van der Waals surface area contributed by atoms with Crippen LogP contribution in [0.15, 0.2) is 53.4 Å². The fourth-order valence-corrected chi connectivity index (χ4v) is 4.75. The molecule has 2 heterocycles. The van der Waals surface area contributed by atoms with Gasteiger partial charge < -0.3 is 4.98 Å². The largest absolute Gasteiger partial charge is 0.338 e. The van der Waals surface area contributed by atoms with Gasteiger partial charge in [0, 0.05) is 18.7 Å². The number of aromatic nitrogens is 2. The van der Waals surface area contributed by atoms with Crippen LogP contribution in [-0.2, 0) is 10.0 Å². The minimum atomic E-state index is -3.45. The summed E-state index contributed by atoms with van der Waals surface area (Å²) in [4.78, 5) is 8.14. The maximum absolute atomic E-state index is 12.9. The van der Waals surface area contributed by atoms with Crippen molar-refractivity contribution in [2.75, 3.05) is 13.1 Å². The van der Waals surface area contributed by atoms with Gasteiger partial charge in [0.2, 0.25) is 10.0 Å². The first-order valence-corrected chi connectivity index (χ1v) is 10.0. The van der Waals surface area contributed by atoms with E-state index in [9.17, 15) is 8.42 Å². The van der Waals surface area contributed by atoms with Crippen molar-refractivity contribution in [3.8, 4) is 11.4 Å². The Morgan fingerprint density at radius 2 is 1.80 bits per heavy atom. The maximum atomic E-state index is 12.9. The molecule has 3 aromatic rings. The van der Waals surface area contributed by atoms with Gasteiger partial charge >= 0.3 is 0 Å². The van der Waals surface area contributed by atoms with Gasteiger partial charge in [0.15, 0.2) is 0 Å². The smallest absolute Gasteiger partial charge is 0.243 e. The van der Waals surface area contributed by atoms with Crippen molar-refractivity contribution < 1.29 is 8.42 Å². The third-order valence-corrected chi connectivity index (χ3v) is 6.78. The van der Waals surface area contributed by atoms with E-state index in [2.05, 4.69) is 16.9 Å². The number of hydrogen-bond donors (Lipinski definition) is 1. The fourth-order valence-electron chi connectivity index (χ4n) is 3.26. The van der Waals surface area contributed by atoms with Gasteiger partial charge in [-0.3, -0.25) is 0 Å². The van der Waals surface area contributed by atoms with Crippen LogP contribution in [0.4, 0.5) is 0 Å². The van der Waals surface area contributed by atoms with Crippen LogP contribution in [0.5, 0.6) is 0 Å². The second-order valence-electron chi connectivity index (χ2n) is 6.72. The molecule has 1 aromatic heterocycles. The Kier molecular flexibility index (Phi) is 4.09. The van der Waals surface area contributed by atoms with E-state index in [-0.39, 0.29) is 0 Å². The Labute approximate surface area is 147 Å². The van der Waals surface area contributed by atoms with Crippen LogP contribution in [0.25, 0.3) is 22.4 Å². The third-order valence-electron chi connectivity index (χ3n) is 4.88. The number of H-pyrrole nitrogens is 1. The molecule has 5 nitrogen and oxygen atoms in total. The van der Waals surface area contributed by atoms with Gasteiger partial charge in [-0.1, -0.05) is 37.3 Å². The molecular weight excluding hydrogens is 334 g/mol. The van der Waals surface area contributed by atoms with Gasteiger partial charge in [0.25, 0.3) is 0 Å². The first-order chi connectivity index (χ1) is 12.0. The molecule has 1 N–H and O–H groups in total. The summed E-state index contributed by atoms with van der Waals surface area (Å²) in [5, 5.41) is 0. The first kappa shape index (κ1) is 16.3. The van der Waals surface area contributed by atoms with Crippen LogP contribution in [0, 0.1) is 5.92 Å². The lowest BCUT2D eigenvalue weighted by molar-refractivity contribution is 0.288. The second kappa shape index (κ2) is 6.28. The van der Waals surface area contributed by atoms with Gasteiger partial charge in [0.05, 0.1) is 15.9 Å². The van der Waals surface area contributed by atoms with Gasteiger partial charge in [-0.05, 0) is 37.0 Å². The third kappa shape index (κ3) is 3.07. The van der Waals surface area contributed by atoms with E-state index >= 15 is 0 Å². The summed E-state index contributed by atoms with van der Waals surface area (Å²) in [5.74, 6) is 1.34. The van der Waals surface area contributed by atoms with E-state index in [0.29, 0.717) is 23.9 Å². The number of fused-ring (bicyclic) bond motifs is 1. The van der Waals surface area contributed by atoms with Crippen LogP contribution in [0.3, 0.4) is 0 Å². The quantitative estimate of drug-likeness (QED) is 0.780. The Hall–Kier alpha value is -2.18. The Balaban J connectivity index is 1.69. The Bertz CT molecular complexity index is 988. The monoisotopic (exact) mass is 355 g/mol. The summed E-state index contributed by atoms with van der Waals surface area (Å²) in [6, 6.07) is 14.9. The predicted molar refractivity (Wildman–Crippen MR) is 98.7 cm³/mol. The van der Waals surface area contributed by atoms with E-state index in [4.69, 9.17) is 0 Å². The lowest BCUT2D eigenvalue weighted by Crippen LogP contribution is -2.37. The second-order valence-corrected chi connectivity index (χ2v) is 8.65. The molecule has 130 valence electrons. The highest BCUT2D eigenvalue weighted by Gasteiger charge is 2.28. The van der Waals surface area contributed by atoms with Crippen LogP contribution in [0.1, 0.15) is 19.8 Å². The molecule has 0 amide bonds. The topological polar surface area (TPSA) is 66.1 Å². The highest BCUT2D eigenvalue weighted by Crippen LogP contribution is 2.26. The molecule has 0 unspecified atom stereocenters. The number of rotatable bonds is 3. The van der Waals surface area contributed by atoms with Crippen molar-refractivity contribution >= 4 is 21.1 Å². The molecule has 25 heavy (non-hydrogen) atoms. The highest BCUT2D eigenvalue weighted by atomic mass is 32.2. The highest BCUT2D eigenvalue weighted by molar-refractivity contribution is 7.89. The number of aromatic amines is 1. The number of hydrogen-bond acceptors (Lipinski definition) is 3. The zero-order valence-electron chi connectivity index (χ0n) is 14.1. The summed E-state index contributed by atoms with van der Waals surface area (Å²) < 4.78 is 27.4. The van der Waals surface area contributed by atoms with Crippen molar-refractivity contribution in [2.45, 2.75) is 24.7 Å². The van der Waals surface area contributed by atoms with Crippen molar-refractivity contribution in [1.29, 1.82) is 0 Å². The first-order valence-electron chi connectivity index (χ1n) is 8.59. The van der Waals surface area contributed by atoms with Crippen molar-refractivity contribution in [3.63, 3.8) is 0 Å². The molecule has 0 spiro atoms. The number of nitrogens with zero attached hydrogens (tertiary/aromatic N) is 2. The van der Waals surface area contributed by atoms with Crippen molar-refractivity contribution in [3.05, 3.63) is 48.5 Å². The fraction of sp³-hybridized carbons (Fsp3) is 0.316. The molecule has 1 aliphatic rings. The summed E-state index contributed by atoms with van der Waals surface area (Å²) >= 11 is 0. The minimum absolute atomic E-state index is 0.331. The van der Waals surface area contributed by atoms with Crippen LogP contribution in [-0.4, -0.2) is 35.8 Å². The van der Waals surface area contributed by atoms with E-state index < -0.39 is 10.0 Å². The van der Waals surface area contributed by atoms with Gasteiger partial charge in [-0.25, -0.2) is 13.4 Å². The Morgan fingerprint density at radius 1 is 1.08 bits per heavy atom. The zero-order chi connectivity index (χ0) is 17.4. The summed E-state index contributed by atoms with van der Waals surface area (Å²) in [6.07, 6.45) is 1.84. The molecule has 0 radical (unpaired) electrons. The maximum Gasteiger partial charge on any atom is 0.243 e. The van der Waals surface area contributed by atoms with E-state index in [1.807, 2.05) is 30.3 Å². The number of nitrogens with one attached hydrogen (secondary N) is 1. The summed E-state index contributed by atoms with van der Waals surface area (Å²) in [6.45, 7) is 3.37. The average molecular weight is 355 g/mol.